The lowest BCUT2D eigenvalue weighted by molar-refractivity contribution is -0.116. The van der Waals surface area contributed by atoms with Crippen molar-refractivity contribution in [2.45, 2.75) is 27.3 Å². The zero-order valence-electron chi connectivity index (χ0n) is 13.5. The number of amides is 1. The Balaban J connectivity index is 1.92. The topological polar surface area (TPSA) is 64.0 Å². The van der Waals surface area contributed by atoms with Crippen LogP contribution in [0.3, 0.4) is 0 Å². The van der Waals surface area contributed by atoms with E-state index in [1.807, 2.05) is 13.8 Å². The van der Waals surface area contributed by atoms with Gasteiger partial charge in [0.05, 0.1) is 5.39 Å². The first-order valence-corrected chi connectivity index (χ1v) is 8.59. The largest absolute Gasteiger partial charge is 0.325 e. The number of carbonyl (C=O) groups is 1. The van der Waals surface area contributed by atoms with Crippen LogP contribution in [0.4, 0.5) is 5.69 Å². The van der Waals surface area contributed by atoms with E-state index in [0.29, 0.717) is 21.9 Å². The molecule has 7 heteroatoms. The van der Waals surface area contributed by atoms with Crippen molar-refractivity contribution in [3.05, 3.63) is 55.9 Å². The summed E-state index contributed by atoms with van der Waals surface area (Å²) in [4.78, 5) is 31.3. The summed E-state index contributed by atoms with van der Waals surface area (Å²) < 4.78 is 1.41. The maximum atomic E-state index is 12.7. The summed E-state index contributed by atoms with van der Waals surface area (Å²) in [5, 5.41) is 3.95. The SMILES string of the molecule is Cc1sc2nc(C)n(CC(=O)Nc3ccc(Cl)cc3)c(=O)c2c1C. The maximum Gasteiger partial charge on any atom is 0.263 e. The van der Waals surface area contributed by atoms with Crippen molar-refractivity contribution in [1.29, 1.82) is 0 Å². The number of fused-ring (bicyclic) bond motifs is 1. The van der Waals surface area contributed by atoms with E-state index in [1.54, 1.807) is 31.2 Å². The predicted molar refractivity (Wildman–Crippen MR) is 98.2 cm³/mol. The summed E-state index contributed by atoms with van der Waals surface area (Å²) in [6, 6.07) is 6.81. The fourth-order valence-electron chi connectivity index (χ4n) is 2.49. The van der Waals surface area contributed by atoms with Gasteiger partial charge in [-0.25, -0.2) is 4.98 Å². The molecule has 0 saturated carbocycles. The molecule has 124 valence electrons. The molecule has 0 aliphatic carbocycles. The van der Waals surface area contributed by atoms with Crippen molar-refractivity contribution in [3.63, 3.8) is 0 Å². The first-order chi connectivity index (χ1) is 11.4. The summed E-state index contributed by atoms with van der Waals surface area (Å²) in [5.74, 6) is 0.244. The molecule has 0 aliphatic rings. The number of nitrogens with zero attached hydrogens (tertiary/aromatic N) is 2. The first kappa shape index (κ1) is 16.7. The van der Waals surface area contributed by atoms with Gasteiger partial charge in [-0.15, -0.1) is 11.3 Å². The van der Waals surface area contributed by atoms with Gasteiger partial charge in [-0.2, -0.15) is 0 Å². The van der Waals surface area contributed by atoms with Gasteiger partial charge in [-0.05, 0) is 50.6 Å². The highest BCUT2D eigenvalue weighted by Crippen LogP contribution is 2.26. The lowest BCUT2D eigenvalue weighted by Gasteiger charge is -2.10. The van der Waals surface area contributed by atoms with E-state index in [9.17, 15) is 9.59 Å². The molecular formula is C17H16ClN3O2S. The molecule has 0 spiro atoms. The van der Waals surface area contributed by atoms with E-state index in [0.717, 1.165) is 15.3 Å². The number of nitrogens with one attached hydrogen (secondary N) is 1. The summed E-state index contributed by atoms with van der Waals surface area (Å²) in [5.41, 5.74) is 1.39. The Labute approximate surface area is 147 Å². The van der Waals surface area contributed by atoms with E-state index in [-0.39, 0.29) is 18.0 Å². The van der Waals surface area contributed by atoms with Gasteiger partial charge in [0.25, 0.3) is 5.56 Å². The molecule has 0 aliphatic heterocycles. The maximum absolute atomic E-state index is 12.7. The van der Waals surface area contributed by atoms with Gasteiger partial charge in [0.2, 0.25) is 5.91 Å². The summed E-state index contributed by atoms with van der Waals surface area (Å²) in [6.07, 6.45) is 0. The van der Waals surface area contributed by atoms with Crippen LogP contribution in [0.1, 0.15) is 16.3 Å². The van der Waals surface area contributed by atoms with Crippen molar-refractivity contribution in [2.24, 2.45) is 0 Å². The Hall–Kier alpha value is -2.18. The molecule has 0 radical (unpaired) electrons. The second kappa shape index (κ2) is 6.37. The molecular weight excluding hydrogens is 346 g/mol. The molecule has 5 nitrogen and oxygen atoms in total. The Kier molecular flexibility index (Phi) is 4.43. The van der Waals surface area contributed by atoms with Crippen LogP contribution in [0.5, 0.6) is 0 Å². The average Bonchev–Trinajstić information content (AvgIpc) is 2.80. The zero-order chi connectivity index (χ0) is 17.4. The molecule has 2 aromatic heterocycles. The number of rotatable bonds is 3. The molecule has 0 atom stereocenters. The van der Waals surface area contributed by atoms with Gasteiger partial charge < -0.3 is 5.32 Å². The Morgan fingerprint density at radius 2 is 1.92 bits per heavy atom. The standard InChI is InChI=1S/C17H16ClN3O2S/c1-9-10(2)24-16-15(9)17(23)21(11(3)19-16)8-14(22)20-13-6-4-12(18)5-7-13/h4-7H,8H2,1-3H3,(H,20,22). The number of anilines is 1. The van der Waals surface area contributed by atoms with Crippen molar-refractivity contribution < 1.29 is 4.79 Å². The van der Waals surface area contributed by atoms with Crippen molar-refractivity contribution in [2.75, 3.05) is 5.32 Å². The molecule has 3 aromatic rings. The van der Waals surface area contributed by atoms with E-state index in [4.69, 9.17) is 11.6 Å². The van der Waals surface area contributed by atoms with Crippen LogP contribution in [0.2, 0.25) is 5.02 Å². The van der Waals surface area contributed by atoms with Gasteiger partial charge in [0.1, 0.15) is 17.2 Å². The van der Waals surface area contributed by atoms with Gasteiger partial charge in [-0.1, -0.05) is 11.6 Å². The third-order valence-corrected chi connectivity index (χ3v) is 5.26. The van der Waals surface area contributed by atoms with Crippen LogP contribution >= 0.6 is 22.9 Å². The summed E-state index contributed by atoms with van der Waals surface area (Å²) in [7, 11) is 0. The molecule has 0 fully saturated rings. The van der Waals surface area contributed by atoms with Gasteiger partial charge >= 0.3 is 0 Å². The number of halogens is 1. The number of benzene rings is 1. The van der Waals surface area contributed by atoms with Gasteiger partial charge in [0.15, 0.2) is 0 Å². The normalized spacial score (nSPS) is 11.0. The minimum Gasteiger partial charge on any atom is -0.325 e. The van der Waals surface area contributed by atoms with Crippen LogP contribution in [-0.4, -0.2) is 15.5 Å². The fourth-order valence-corrected chi connectivity index (χ4v) is 3.68. The zero-order valence-corrected chi connectivity index (χ0v) is 15.1. The Morgan fingerprint density at radius 1 is 1.25 bits per heavy atom. The van der Waals surface area contributed by atoms with Crippen LogP contribution < -0.4 is 10.9 Å². The van der Waals surface area contributed by atoms with E-state index < -0.39 is 0 Å². The minimum absolute atomic E-state index is 0.0788. The van der Waals surface area contributed by atoms with E-state index >= 15 is 0 Å². The van der Waals surface area contributed by atoms with Crippen LogP contribution in [0.15, 0.2) is 29.1 Å². The van der Waals surface area contributed by atoms with Gasteiger partial charge in [0, 0.05) is 15.6 Å². The predicted octanol–water partition coefficient (Wildman–Crippen LogP) is 3.68. The smallest absolute Gasteiger partial charge is 0.263 e. The van der Waals surface area contributed by atoms with Crippen molar-refractivity contribution >= 4 is 44.7 Å². The summed E-state index contributed by atoms with van der Waals surface area (Å²) >= 11 is 7.33. The van der Waals surface area contributed by atoms with E-state index in [1.165, 1.54) is 15.9 Å². The molecule has 24 heavy (non-hydrogen) atoms. The molecule has 3 rings (SSSR count). The first-order valence-electron chi connectivity index (χ1n) is 7.39. The second-order valence-corrected chi connectivity index (χ2v) is 7.21. The molecule has 1 aromatic carbocycles. The van der Waals surface area contributed by atoms with Gasteiger partial charge in [-0.3, -0.25) is 14.2 Å². The highest BCUT2D eigenvalue weighted by Gasteiger charge is 2.16. The molecule has 1 N–H and O–H groups in total. The highest BCUT2D eigenvalue weighted by atomic mass is 35.5. The number of thiophene rings is 1. The number of hydrogen-bond donors (Lipinski definition) is 1. The molecule has 0 bridgehead atoms. The Bertz CT molecular complexity index is 990. The molecule has 1 amide bonds. The quantitative estimate of drug-likeness (QED) is 0.774. The molecule has 0 unspecified atom stereocenters. The number of hydrogen-bond acceptors (Lipinski definition) is 4. The third kappa shape index (κ3) is 3.07. The lowest BCUT2D eigenvalue weighted by Crippen LogP contribution is -2.30. The van der Waals surface area contributed by atoms with Crippen LogP contribution in [0.25, 0.3) is 10.2 Å². The molecule has 2 heterocycles. The highest BCUT2D eigenvalue weighted by molar-refractivity contribution is 7.18. The minimum atomic E-state index is -0.284. The lowest BCUT2D eigenvalue weighted by atomic mass is 10.2. The number of carbonyl (C=O) groups excluding carboxylic acids is 1. The van der Waals surface area contributed by atoms with Crippen molar-refractivity contribution in [3.8, 4) is 0 Å². The molecule has 0 saturated heterocycles. The third-order valence-electron chi connectivity index (χ3n) is 3.91. The Morgan fingerprint density at radius 3 is 2.58 bits per heavy atom. The monoisotopic (exact) mass is 361 g/mol. The number of aromatic nitrogens is 2. The van der Waals surface area contributed by atoms with Crippen LogP contribution in [0, 0.1) is 20.8 Å². The van der Waals surface area contributed by atoms with Crippen molar-refractivity contribution in [1.82, 2.24) is 9.55 Å². The second-order valence-electron chi connectivity index (χ2n) is 5.57. The summed E-state index contributed by atoms with van der Waals surface area (Å²) in [6.45, 7) is 5.53. The fraction of sp³-hybridized carbons (Fsp3) is 0.235. The number of aryl methyl sites for hydroxylation is 3. The van der Waals surface area contributed by atoms with E-state index in [2.05, 4.69) is 10.3 Å². The average molecular weight is 362 g/mol. The van der Waals surface area contributed by atoms with Crippen LogP contribution in [-0.2, 0) is 11.3 Å².